The van der Waals surface area contributed by atoms with Crippen LogP contribution in [-0.2, 0) is 26.0 Å². The molecule has 0 saturated heterocycles. The van der Waals surface area contributed by atoms with E-state index >= 15 is 0 Å². The van der Waals surface area contributed by atoms with E-state index in [2.05, 4.69) is 5.32 Å². The Morgan fingerprint density at radius 1 is 0.973 bits per heavy atom. The van der Waals surface area contributed by atoms with Gasteiger partial charge in [0, 0.05) is 18.6 Å². The van der Waals surface area contributed by atoms with E-state index in [0.717, 1.165) is 9.87 Å². The molecule has 9 heteroatoms. The zero-order valence-electron chi connectivity index (χ0n) is 21.2. The van der Waals surface area contributed by atoms with Crippen LogP contribution in [0.3, 0.4) is 0 Å². The van der Waals surface area contributed by atoms with Crippen LogP contribution in [0.2, 0.25) is 5.02 Å². The van der Waals surface area contributed by atoms with Crippen LogP contribution in [0, 0.1) is 6.92 Å². The SMILES string of the molecule is CC[C@@H](C(=O)NC)N(CCc1ccccc1)C(=O)CN(c1ccc(Cl)cc1C)S(=O)(=O)c1ccccc1. The molecule has 3 aromatic carbocycles. The second-order valence-electron chi connectivity index (χ2n) is 8.62. The van der Waals surface area contributed by atoms with Gasteiger partial charge in [0.2, 0.25) is 11.8 Å². The summed E-state index contributed by atoms with van der Waals surface area (Å²) in [7, 11) is -2.58. The lowest BCUT2D eigenvalue weighted by atomic mass is 10.1. The van der Waals surface area contributed by atoms with Crippen molar-refractivity contribution in [3.05, 3.63) is 95.0 Å². The number of hydrogen-bond donors (Lipinski definition) is 1. The minimum atomic E-state index is -4.10. The topological polar surface area (TPSA) is 86.8 Å². The first-order chi connectivity index (χ1) is 17.7. The smallest absolute Gasteiger partial charge is 0.264 e. The molecular formula is C28H32ClN3O4S. The average Bonchev–Trinajstić information content (AvgIpc) is 2.90. The predicted molar refractivity (Wildman–Crippen MR) is 147 cm³/mol. The van der Waals surface area contributed by atoms with Gasteiger partial charge in [-0.15, -0.1) is 0 Å². The molecule has 0 saturated carbocycles. The van der Waals surface area contributed by atoms with Gasteiger partial charge in [-0.25, -0.2) is 8.42 Å². The number of nitrogens with one attached hydrogen (secondary N) is 1. The Balaban J connectivity index is 2.02. The number of sulfonamides is 1. The van der Waals surface area contributed by atoms with E-state index in [4.69, 9.17) is 11.6 Å². The second kappa shape index (κ2) is 12.7. The second-order valence-corrected chi connectivity index (χ2v) is 10.9. The fourth-order valence-electron chi connectivity index (χ4n) is 4.19. The number of amides is 2. The number of carbonyl (C=O) groups excluding carboxylic acids is 2. The highest BCUT2D eigenvalue weighted by Gasteiger charge is 2.33. The molecule has 0 aliphatic rings. The Morgan fingerprint density at radius 3 is 2.16 bits per heavy atom. The Kier molecular flexibility index (Phi) is 9.72. The number of rotatable bonds is 11. The molecule has 0 unspecified atom stereocenters. The monoisotopic (exact) mass is 541 g/mol. The minimum absolute atomic E-state index is 0.0614. The normalized spacial score (nSPS) is 12.0. The van der Waals surface area contributed by atoms with Gasteiger partial charge in [-0.05, 0) is 61.2 Å². The van der Waals surface area contributed by atoms with Crippen molar-refractivity contribution in [1.82, 2.24) is 10.2 Å². The first-order valence-electron chi connectivity index (χ1n) is 12.1. The third-order valence-electron chi connectivity index (χ3n) is 6.15. The van der Waals surface area contributed by atoms with Crippen LogP contribution in [0.5, 0.6) is 0 Å². The first kappa shape index (κ1) is 28.2. The lowest BCUT2D eigenvalue weighted by Crippen LogP contribution is -2.52. The van der Waals surface area contributed by atoms with Crippen molar-refractivity contribution in [2.45, 2.75) is 37.6 Å². The van der Waals surface area contributed by atoms with Crippen molar-refractivity contribution in [3.63, 3.8) is 0 Å². The molecule has 0 radical (unpaired) electrons. The Labute approximate surface area is 224 Å². The maximum absolute atomic E-state index is 13.8. The van der Waals surface area contributed by atoms with Gasteiger partial charge < -0.3 is 10.2 Å². The highest BCUT2D eigenvalue weighted by atomic mass is 35.5. The maximum atomic E-state index is 13.8. The lowest BCUT2D eigenvalue weighted by molar-refractivity contribution is -0.139. The Morgan fingerprint density at radius 2 is 1.59 bits per heavy atom. The maximum Gasteiger partial charge on any atom is 0.264 e. The van der Waals surface area contributed by atoms with Crippen LogP contribution in [0.4, 0.5) is 5.69 Å². The third-order valence-corrected chi connectivity index (χ3v) is 8.16. The van der Waals surface area contributed by atoms with Crippen LogP contribution in [0.15, 0.2) is 83.8 Å². The van der Waals surface area contributed by atoms with E-state index < -0.39 is 28.5 Å². The van der Waals surface area contributed by atoms with Crippen LogP contribution in [-0.4, -0.2) is 51.3 Å². The van der Waals surface area contributed by atoms with Gasteiger partial charge in [0.05, 0.1) is 10.6 Å². The Hall–Kier alpha value is -3.36. The highest BCUT2D eigenvalue weighted by molar-refractivity contribution is 7.92. The zero-order chi connectivity index (χ0) is 27.0. The fourth-order valence-corrected chi connectivity index (χ4v) is 5.92. The summed E-state index contributed by atoms with van der Waals surface area (Å²) < 4.78 is 28.7. The summed E-state index contributed by atoms with van der Waals surface area (Å²) in [6.07, 6.45) is 0.900. The summed E-state index contributed by atoms with van der Waals surface area (Å²) in [6.45, 7) is 3.35. The number of likely N-dealkylation sites (N-methyl/N-ethyl adjacent to an activating group) is 1. The summed E-state index contributed by atoms with van der Waals surface area (Å²) in [6, 6.07) is 21.7. The molecule has 0 aliphatic carbocycles. The molecule has 196 valence electrons. The summed E-state index contributed by atoms with van der Waals surface area (Å²) in [5.41, 5.74) is 1.96. The van der Waals surface area contributed by atoms with E-state index in [9.17, 15) is 18.0 Å². The van der Waals surface area contributed by atoms with Crippen molar-refractivity contribution in [2.24, 2.45) is 0 Å². The van der Waals surface area contributed by atoms with Gasteiger partial charge in [-0.1, -0.05) is 67.1 Å². The number of carbonyl (C=O) groups is 2. The molecule has 0 bridgehead atoms. The van der Waals surface area contributed by atoms with E-state index in [0.29, 0.717) is 29.1 Å². The van der Waals surface area contributed by atoms with Gasteiger partial charge in [0.15, 0.2) is 0 Å². The van der Waals surface area contributed by atoms with Crippen molar-refractivity contribution in [3.8, 4) is 0 Å². The van der Waals surface area contributed by atoms with E-state index in [1.54, 1.807) is 43.3 Å². The number of halogens is 1. The number of nitrogens with zero attached hydrogens (tertiary/aromatic N) is 2. The molecule has 0 fully saturated rings. The number of anilines is 1. The van der Waals surface area contributed by atoms with Crippen LogP contribution in [0.25, 0.3) is 0 Å². The molecule has 1 atom stereocenters. The van der Waals surface area contributed by atoms with Crippen LogP contribution >= 0.6 is 11.6 Å². The number of hydrogen-bond acceptors (Lipinski definition) is 4. The first-order valence-corrected chi connectivity index (χ1v) is 13.9. The average molecular weight is 542 g/mol. The standard InChI is InChI=1S/C28H32ClN3O4S/c1-4-25(28(34)30-3)31(18-17-22-11-7-5-8-12-22)27(33)20-32(26-16-15-23(29)19-21(26)2)37(35,36)24-13-9-6-10-14-24/h5-16,19,25H,4,17-18,20H2,1-3H3,(H,30,34)/t25-/m0/s1. The molecule has 0 aromatic heterocycles. The lowest BCUT2D eigenvalue weighted by Gasteiger charge is -2.33. The van der Waals surface area contributed by atoms with Gasteiger partial charge >= 0.3 is 0 Å². The van der Waals surface area contributed by atoms with Gasteiger partial charge in [0.25, 0.3) is 10.0 Å². The van der Waals surface area contributed by atoms with E-state index in [1.807, 2.05) is 37.3 Å². The van der Waals surface area contributed by atoms with Crippen molar-refractivity contribution in [1.29, 1.82) is 0 Å². The van der Waals surface area contributed by atoms with E-state index in [1.165, 1.54) is 24.1 Å². The summed E-state index contributed by atoms with van der Waals surface area (Å²) in [4.78, 5) is 28.1. The largest absolute Gasteiger partial charge is 0.357 e. The fraction of sp³-hybridized carbons (Fsp3) is 0.286. The molecule has 0 heterocycles. The third kappa shape index (κ3) is 6.90. The van der Waals surface area contributed by atoms with Gasteiger partial charge in [-0.3, -0.25) is 13.9 Å². The number of aryl methyl sites for hydroxylation is 1. The van der Waals surface area contributed by atoms with Gasteiger partial charge in [-0.2, -0.15) is 0 Å². The molecule has 2 amide bonds. The molecule has 1 N–H and O–H groups in total. The molecule has 0 aliphatic heterocycles. The molecule has 7 nitrogen and oxygen atoms in total. The van der Waals surface area contributed by atoms with Gasteiger partial charge in [0.1, 0.15) is 12.6 Å². The minimum Gasteiger partial charge on any atom is -0.357 e. The molecule has 37 heavy (non-hydrogen) atoms. The summed E-state index contributed by atoms with van der Waals surface area (Å²) in [5, 5.41) is 3.08. The van der Waals surface area contributed by atoms with Crippen molar-refractivity contribution < 1.29 is 18.0 Å². The molecule has 3 aromatic rings. The summed E-state index contributed by atoms with van der Waals surface area (Å²) in [5.74, 6) is -0.774. The molecule has 0 spiro atoms. The predicted octanol–water partition coefficient (Wildman–Crippen LogP) is 4.44. The van der Waals surface area contributed by atoms with Crippen molar-refractivity contribution >= 4 is 39.1 Å². The van der Waals surface area contributed by atoms with E-state index in [-0.39, 0.29) is 17.3 Å². The quantitative estimate of drug-likeness (QED) is 0.389. The van der Waals surface area contributed by atoms with Crippen molar-refractivity contribution in [2.75, 3.05) is 24.4 Å². The summed E-state index contributed by atoms with van der Waals surface area (Å²) >= 11 is 6.13. The number of benzene rings is 3. The highest BCUT2D eigenvalue weighted by Crippen LogP contribution is 2.29. The van der Waals surface area contributed by atoms with Crippen LogP contribution in [0.1, 0.15) is 24.5 Å². The zero-order valence-corrected chi connectivity index (χ0v) is 22.8. The Bertz CT molecular complexity index is 1320. The molecule has 3 rings (SSSR count). The molecular weight excluding hydrogens is 510 g/mol. The van der Waals surface area contributed by atoms with Crippen LogP contribution < -0.4 is 9.62 Å².